The van der Waals surface area contributed by atoms with Gasteiger partial charge in [0.2, 0.25) is 0 Å². The van der Waals surface area contributed by atoms with E-state index in [0.717, 1.165) is 48.3 Å². The lowest BCUT2D eigenvalue weighted by Gasteiger charge is -2.38. The molecule has 1 aliphatic heterocycles. The molecule has 24 heavy (non-hydrogen) atoms. The zero-order valence-electron chi connectivity index (χ0n) is 14.4. The molecule has 1 unspecified atom stereocenters. The number of quaternary nitrogens is 1. The maximum Gasteiger partial charge on any atom is 0.365 e. The van der Waals surface area contributed by atoms with Gasteiger partial charge in [0.25, 0.3) is 0 Å². The predicted molar refractivity (Wildman–Crippen MR) is 93.4 cm³/mol. The summed E-state index contributed by atoms with van der Waals surface area (Å²) in [7, 11) is 0. The summed E-state index contributed by atoms with van der Waals surface area (Å²) in [5.41, 5.74) is 1.67. The Morgan fingerprint density at radius 3 is 2.96 bits per heavy atom. The molecule has 0 amide bonds. The highest BCUT2D eigenvalue weighted by Gasteiger charge is 2.36. The number of oxazole rings is 1. The highest BCUT2D eigenvalue weighted by Crippen LogP contribution is 2.27. The average molecular weight is 329 g/mol. The summed E-state index contributed by atoms with van der Waals surface area (Å²) in [4.78, 5) is 9.50. The van der Waals surface area contributed by atoms with E-state index in [0.29, 0.717) is 6.01 Å². The third-order valence-electron chi connectivity index (χ3n) is 5.74. The number of anilines is 1. The van der Waals surface area contributed by atoms with Gasteiger partial charge >= 0.3 is 12.0 Å². The van der Waals surface area contributed by atoms with Gasteiger partial charge in [0, 0.05) is 5.92 Å². The molecule has 0 spiro atoms. The van der Waals surface area contributed by atoms with Crippen molar-refractivity contribution in [2.45, 2.75) is 39.2 Å². The standard InChI is InChI=1S/C18H25N5O/c1-12-6-5-8-15(13(12)2)23-10-19-17(20-11-23)22-18-21-14-7-3-4-9-16(14)24-18/h3-4,7,9,12-13,15H,5-6,8,10-11H2,1-2H3,(H2,19,20,21,22)/p+2/t12-,13-,15+/m1/s1. The molecule has 0 saturated heterocycles. The lowest BCUT2D eigenvalue weighted by molar-refractivity contribution is -1.00. The maximum atomic E-state index is 5.72. The highest BCUT2D eigenvalue weighted by molar-refractivity contribution is 5.88. The fraction of sp³-hybridized carbons (Fsp3) is 0.556. The summed E-state index contributed by atoms with van der Waals surface area (Å²) in [5.74, 6) is 2.49. The van der Waals surface area contributed by atoms with Crippen molar-refractivity contribution in [3.63, 3.8) is 0 Å². The van der Waals surface area contributed by atoms with Crippen molar-refractivity contribution in [1.29, 1.82) is 0 Å². The summed E-state index contributed by atoms with van der Waals surface area (Å²) in [6.45, 7) is 6.67. The third-order valence-corrected chi connectivity index (χ3v) is 5.74. The van der Waals surface area contributed by atoms with Crippen molar-refractivity contribution in [3.05, 3.63) is 24.3 Å². The number of hydrogen-bond acceptors (Lipinski definition) is 4. The number of nitrogens with zero attached hydrogens (tertiary/aromatic N) is 1. The lowest BCUT2D eigenvalue weighted by atomic mass is 9.77. The summed E-state index contributed by atoms with van der Waals surface area (Å²) < 4.78 is 5.72. The summed E-state index contributed by atoms with van der Waals surface area (Å²) in [6, 6.07) is 9.06. The third kappa shape index (κ3) is 2.98. The molecule has 4 rings (SSSR count). The molecule has 2 aliphatic rings. The number of guanidine groups is 1. The van der Waals surface area contributed by atoms with E-state index < -0.39 is 0 Å². The van der Waals surface area contributed by atoms with Crippen molar-refractivity contribution in [1.82, 2.24) is 10.3 Å². The number of benzene rings is 1. The topological polar surface area (TPSA) is 68.5 Å². The molecule has 0 radical (unpaired) electrons. The second-order valence-electron chi connectivity index (χ2n) is 7.23. The fourth-order valence-corrected chi connectivity index (χ4v) is 4.07. The van der Waals surface area contributed by atoms with Crippen molar-refractivity contribution in [2.75, 3.05) is 18.7 Å². The van der Waals surface area contributed by atoms with Gasteiger partial charge in [0.1, 0.15) is 5.52 Å². The second-order valence-corrected chi connectivity index (χ2v) is 7.23. The maximum absolute atomic E-state index is 5.72. The minimum atomic E-state index is 0.523. The summed E-state index contributed by atoms with van der Waals surface area (Å²) in [6.07, 6.45) is 4.07. The van der Waals surface area contributed by atoms with Crippen molar-refractivity contribution in [3.8, 4) is 0 Å². The van der Waals surface area contributed by atoms with E-state index >= 15 is 0 Å². The first-order valence-corrected chi connectivity index (χ1v) is 9.02. The van der Waals surface area contributed by atoms with Gasteiger partial charge < -0.3 is 4.42 Å². The van der Waals surface area contributed by atoms with Crippen LogP contribution in [-0.4, -0.2) is 30.3 Å². The quantitative estimate of drug-likeness (QED) is 0.621. The van der Waals surface area contributed by atoms with Crippen LogP contribution in [0, 0.1) is 11.8 Å². The first-order chi connectivity index (χ1) is 11.7. The Kier molecular flexibility index (Phi) is 4.14. The largest absolute Gasteiger partial charge is 0.412 e. The predicted octanol–water partition coefficient (Wildman–Crippen LogP) is -0.0959. The number of aromatic nitrogens is 1. The molecule has 128 valence electrons. The molecule has 0 bridgehead atoms. The monoisotopic (exact) mass is 329 g/mol. The molecule has 1 aromatic carbocycles. The molecule has 1 saturated carbocycles. The van der Waals surface area contributed by atoms with E-state index in [1.54, 1.807) is 4.90 Å². The normalized spacial score (nSPS) is 30.7. The van der Waals surface area contributed by atoms with Crippen LogP contribution in [0.5, 0.6) is 0 Å². The van der Waals surface area contributed by atoms with Crippen LogP contribution in [0.25, 0.3) is 11.1 Å². The van der Waals surface area contributed by atoms with Gasteiger partial charge in [0.15, 0.2) is 18.9 Å². The Hall–Kier alpha value is -2.08. The van der Waals surface area contributed by atoms with E-state index in [-0.39, 0.29) is 0 Å². The Bertz CT molecular complexity index is 707. The number of rotatable bonds is 2. The van der Waals surface area contributed by atoms with Crippen molar-refractivity contribution >= 4 is 23.1 Å². The molecule has 6 heteroatoms. The first-order valence-electron chi connectivity index (χ1n) is 9.02. The van der Waals surface area contributed by atoms with Crippen LogP contribution in [0.3, 0.4) is 0 Å². The zero-order chi connectivity index (χ0) is 16.5. The van der Waals surface area contributed by atoms with Gasteiger partial charge in [-0.1, -0.05) is 26.0 Å². The first kappa shape index (κ1) is 15.4. The Morgan fingerprint density at radius 2 is 2.17 bits per heavy atom. The fourth-order valence-electron chi connectivity index (χ4n) is 4.07. The Balaban J connectivity index is 1.41. The number of nitrogens with one attached hydrogen (secondary N) is 4. The van der Waals surface area contributed by atoms with E-state index in [1.165, 1.54) is 19.3 Å². The molecular formula is C18H27N5O+2. The van der Waals surface area contributed by atoms with E-state index in [1.807, 2.05) is 24.3 Å². The summed E-state index contributed by atoms with van der Waals surface area (Å²) >= 11 is 0. The highest BCUT2D eigenvalue weighted by atomic mass is 16.4. The molecule has 2 aromatic rings. The van der Waals surface area contributed by atoms with E-state index in [2.05, 4.69) is 34.5 Å². The number of fused-ring (bicyclic) bond motifs is 1. The molecule has 6 nitrogen and oxygen atoms in total. The molecular weight excluding hydrogens is 302 g/mol. The van der Waals surface area contributed by atoms with Crippen molar-refractivity contribution < 1.29 is 14.3 Å². The number of hydrogen-bond donors (Lipinski definition) is 4. The van der Waals surface area contributed by atoms with Crippen LogP contribution in [0.4, 0.5) is 6.01 Å². The van der Waals surface area contributed by atoms with Crippen LogP contribution in [-0.2, 0) is 0 Å². The molecule has 4 atom stereocenters. The van der Waals surface area contributed by atoms with Gasteiger partial charge in [-0.2, -0.15) is 10.3 Å². The Labute approximate surface area is 142 Å². The van der Waals surface area contributed by atoms with Crippen LogP contribution in [0.1, 0.15) is 33.1 Å². The van der Waals surface area contributed by atoms with Crippen LogP contribution >= 0.6 is 0 Å². The van der Waals surface area contributed by atoms with Crippen molar-refractivity contribution in [2.24, 2.45) is 11.8 Å². The zero-order valence-corrected chi connectivity index (χ0v) is 14.4. The molecule has 4 N–H and O–H groups in total. The van der Waals surface area contributed by atoms with Crippen LogP contribution < -0.4 is 20.5 Å². The second kappa shape index (κ2) is 6.43. The van der Waals surface area contributed by atoms with Gasteiger partial charge in [-0.3, -0.25) is 4.90 Å². The summed E-state index contributed by atoms with van der Waals surface area (Å²) in [5, 5.41) is 6.67. The van der Waals surface area contributed by atoms with Crippen LogP contribution in [0.15, 0.2) is 28.7 Å². The smallest absolute Gasteiger partial charge is 0.365 e. The Morgan fingerprint density at radius 1 is 1.29 bits per heavy atom. The molecule has 2 heterocycles. The molecule has 1 fully saturated rings. The average Bonchev–Trinajstić information content (AvgIpc) is 3.00. The minimum absolute atomic E-state index is 0.523. The number of para-hydroxylation sites is 2. The van der Waals surface area contributed by atoms with Crippen LogP contribution in [0.2, 0.25) is 0 Å². The van der Waals surface area contributed by atoms with Gasteiger partial charge in [0.05, 0.1) is 6.04 Å². The molecule has 1 aromatic heterocycles. The van der Waals surface area contributed by atoms with E-state index in [4.69, 9.17) is 4.42 Å². The van der Waals surface area contributed by atoms with Gasteiger partial charge in [-0.05, 0) is 37.3 Å². The van der Waals surface area contributed by atoms with Gasteiger partial charge in [-0.25, -0.2) is 10.3 Å². The van der Waals surface area contributed by atoms with E-state index in [9.17, 15) is 0 Å². The molecule has 1 aliphatic carbocycles. The SMILES string of the molecule is C[C@@H]1[C@H](C)CCC[C@@H]1[NH+]1CNC(Nc2nc3ccccc3o2)=[NH+]C1. The lowest BCUT2D eigenvalue weighted by Crippen LogP contribution is -3.27. The minimum Gasteiger partial charge on any atom is -0.412 e. The van der Waals surface area contributed by atoms with Gasteiger partial charge in [-0.15, -0.1) is 0 Å².